The fourth-order valence-corrected chi connectivity index (χ4v) is 5.42. The largest absolute Gasteiger partial charge is 0.0693 e. The zero-order valence-electron chi connectivity index (χ0n) is 7.72. The summed E-state index contributed by atoms with van der Waals surface area (Å²) in [5, 5.41) is 0. The average Bonchev–Trinajstić information content (AvgIpc) is 2.10. The predicted molar refractivity (Wildman–Crippen MR) is 51.5 cm³/mol. The van der Waals surface area contributed by atoms with E-state index >= 15 is 0 Å². The smallest absolute Gasteiger partial charge is 0.0616 e. The summed E-state index contributed by atoms with van der Waals surface area (Å²) in [7, 11) is -0.494. The topological polar surface area (TPSA) is 0 Å². The Morgan fingerprint density at radius 1 is 1.30 bits per heavy atom. The van der Waals surface area contributed by atoms with E-state index in [1.54, 1.807) is 0 Å². The maximum absolute atomic E-state index is 2.54. The first-order valence-corrected chi connectivity index (χ1v) is 7.24. The zero-order chi connectivity index (χ0) is 7.78. The Labute approximate surface area is 65.7 Å². The third-order valence-corrected chi connectivity index (χ3v) is 8.50. The molecule has 1 aliphatic heterocycles. The van der Waals surface area contributed by atoms with Crippen LogP contribution in [0, 0.1) is 0 Å². The van der Waals surface area contributed by atoms with Crippen molar-refractivity contribution in [3.05, 3.63) is 0 Å². The first-order chi connectivity index (χ1) is 4.59. The molecule has 2 atom stereocenters. The molecular formula is C9H20P+. The maximum Gasteiger partial charge on any atom is 0.0693 e. The minimum absolute atomic E-state index is 0.494. The van der Waals surface area contributed by atoms with Crippen LogP contribution in [0.1, 0.15) is 33.1 Å². The molecule has 1 rings (SSSR count). The van der Waals surface area contributed by atoms with Gasteiger partial charge in [-0.1, -0.05) is 6.92 Å². The zero-order valence-corrected chi connectivity index (χ0v) is 8.62. The molecule has 1 heterocycles. The minimum Gasteiger partial charge on any atom is -0.0616 e. The predicted octanol–water partition coefficient (Wildman–Crippen LogP) is 3.22. The van der Waals surface area contributed by atoms with E-state index in [1.807, 2.05) is 0 Å². The molecule has 0 aromatic heterocycles. The SMILES string of the molecule is CC[C@@H]1CC[C@@H](C)[P+]1(C)C. The van der Waals surface area contributed by atoms with E-state index in [1.165, 1.54) is 19.3 Å². The van der Waals surface area contributed by atoms with E-state index in [4.69, 9.17) is 0 Å². The van der Waals surface area contributed by atoms with Crippen molar-refractivity contribution in [3.63, 3.8) is 0 Å². The summed E-state index contributed by atoms with van der Waals surface area (Å²) in [6.07, 6.45) is 4.43. The van der Waals surface area contributed by atoms with Gasteiger partial charge in [0.2, 0.25) is 0 Å². The van der Waals surface area contributed by atoms with Crippen LogP contribution in [0.15, 0.2) is 0 Å². The fraction of sp³-hybridized carbons (Fsp3) is 1.00. The van der Waals surface area contributed by atoms with Gasteiger partial charge in [0, 0.05) is 20.6 Å². The Balaban J connectivity index is 2.64. The molecule has 10 heavy (non-hydrogen) atoms. The normalized spacial score (nSPS) is 38.4. The van der Waals surface area contributed by atoms with Gasteiger partial charge in [-0.25, -0.2) is 0 Å². The van der Waals surface area contributed by atoms with E-state index in [2.05, 4.69) is 27.2 Å². The molecule has 0 N–H and O–H groups in total. The summed E-state index contributed by atoms with van der Waals surface area (Å²) < 4.78 is 0. The summed E-state index contributed by atoms with van der Waals surface area (Å²) in [6, 6.07) is 0. The molecule has 0 unspecified atom stereocenters. The standard InChI is InChI=1S/C9H20P/c1-5-9-7-6-8(2)10(9,3)4/h8-9H,5-7H2,1-4H3/q+1/t8-,9-/m1/s1. The lowest BCUT2D eigenvalue weighted by atomic mass is 10.2. The quantitative estimate of drug-likeness (QED) is 0.515. The van der Waals surface area contributed by atoms with Gasteiger partial charge in [0.25, 0.3) is 0 Å². The van der Waals surface area contributed by atoms with Crippen LogP contribution in [0.3, 0.4) is 0 Å². The summed E-state index contributed by atoms with van der Waals surface area (Å²) in [5.74, 6) is 0. The monoisotopic (exact) mass is 159 g/mol. The molecule has 0 saturated carbocycles. The Morgan fingerprint density at radius 2 is 1.90 bits per heavy atom. The third kappa shape index (κ3) is 1.23. The molecule has 60 valence electrons. The third-order valence-electron chi connectivity index (χ3n) is 3.47. The van der Waals surface area contributed by atoms with E-state index in [-0.39, 0.29) is 0 Å². The molecule has 1 aliphatic rings. The van der Waals surface area contributed by atoms with Gasteiger partial charge >= 0.3 is 0 Å². The van der Waals surface area contributed by atoms with Crippen molar-refractivity contribution in [2.45, 2.75) is 44.4 Å². The molecule has 0 bridgehead atoms. The van der Waals surface area contributed by atoms with Crippen LogP contribution < -0.4 is 0 Å². The van der Waals surface area contributed by atoms with Crippen molar-refractivity contribution < 1.29 is 0 Å². The van der Waals surface area contributed by atoms with Gasteiger partial charge in [-0.2, -0.15) is 0 Å². The minimum atomic E-state index is -0.494. The molecule has 1 saturated heterocycles. The molecular weight excluding hydrogens is 139 g/mol. The van der Waals surface area contributed by atoms with Crippen LogP contribution >= 0.6 is 7.26 Å². The second kappa shape index (κ2) is 2.81. The molecule has 0 spiro atoms. The number of hydrogen-bond acceptors (Lipinski definition) is 0. The summed E-state index contributed by atoms with van der Waals surface area (Å²) in [6.45, 7) is 9.88. The molecule has 0 nitrogen and oxygen atoms in total. The first kappa shape index (κ1) is 8.53. The number of rotatable bonds is 1. The summed E-state index contributed by atoms with van der Waals surface area (Å²) >= 11 is 0. The van der Waals surface area contributed by atoms with Gasteiger partial charge in [0.15, 0.2) is 0 Å². The molecule has 1 heteroatoms. The molecule has 1 fully saturated rings. The highest BCUT2D eigenvalue weighted by Crippen LogP contribution is 2.68. The Kier molecular flexibility index (Phi) is 2.40. The second-order valence-corrected chi connectivity index (χ2v) is 8.99. The first-order valence-electron chi connectivity index (χ1n) is 4.42. The van der Waals surface area contributed by atoms with Crippen molar-refractivity contribution in [1.82, 2.24) is 0 Å². The molecule has 0 aromatic carbocycles. The maximum atomic E-state index is 2.54. The Hall–Kier alpha value is 0.430. The van der Waals surface area contributed by atoms with E-state index in [0.29, 0.717) is 0 Å². The van der Waals surface area contributed by atoms with Crippen LogP contribution in [0.4, 0.5) is 0 Å². The van der Waals surface area contributed by atoms with Gasteiger partial charge in [-0.05, 0) is 26.2 Å². The van der Waals surface area contributed by atoms with Crippen LogP contribution in [0.25, 0.3) is 0 Å². The fourth-order valence-electron chi connectivity index (χ4n) is 2.13. The Morgan fingerprint density at radius 3 is 2.10 bits per heavy atom. The van der Waals surface area contributed by atoms with Crippen LogP contribution in [-0.4, -0.2) is 24.6 Å². The lowest BCUT2D eigenvalue weighted by Gasteiger charge is -2.23. The van der Waals surface area contributed by atoms with Gasteiger partial charge in [-0.3, -0.25) is 0 Å². The lowest BCUT2D eigenvalue weighted by Crippen LogP contribution is -2.08. The van der Waals surface area contributed by atoms with Gasteiger partial charge in [-0.15, -0.1) is 0 Å². The van der Waals surface area contributed by atoms with Crippen LogP contribution in [0.2, 0.25) is 0 Å². The van der Waals surface area contributed by atoms with Gasteiger partial charge in [0.1, 0.15) is 0 Å². The molecule has 0 aromatic rings. The Bertz CT molecular complexity index is 118. The molecule has 0 aliphatic carbocycles. The molecule has 0 amide bonds. The highest BCUT2D eigenvalue weighted by molar-refractivity contribution is 7.76. The number of hydrogen-bond donors (Lipinski definition) is 0. The van der Waals surface area contributed by atoms with Crippen molar-refractivity contribution in [2.75, 3.05) is 13.3 Å². The summed E-state index contributed by atoms with van der Waals surface area (Å²) in [4.78, 5) is 0. The van der Waals surface area contributed by atoms with Crippen molar-refractivity contribution >= 4 is 7.26 Å². The van der Waals surface area contributed by atoms with Crippen molar-refractivity contribution in [1.29, 1.82) is 0 Å². The average molecular weight is 159 g/mol. The van der Waals surface area contributed by atoms with E-state index in [9.17, 15) is 0 Å². The van der Waals surface area contributed by atoms with E-state index < -0.39 is 7.26 Å². The van der Waals surface area contributed by atoms with Gasteiger partial charge < -0.3 is 0 Å². The van der Waals surface area contributed by atoms with Crippen LogP contribution in [-0.2, 0) is 0 Å². The second-order valence-electron chi connectivity index (χ2n) is 4.12. The summed E-state index contributed by atoms with van der Waals surface area (Å²) in [5.41, 5.74) is 2.15. The van der Waals surface area contributed by atoms with Crippen LogP contribution in [0.5, 0.6) is 0 Å². The van der Waals surface area contributed by atoms with Gasteiger partial charge in [0.05, 0.1) is 11.3 Å². The van der Waals surface area contributed by atoms with E-state index in [0.717, 1.165) is 11.3 Å². The molecule has 0 radical (unpaired) electrons. The van der Waals surface area contributed by atoms with Crippen molar-refractivity contribution in [3.8, 4) is 0 Å². The highest BCUT2D eigenvalue weighted by atomic mass is 31.2. The van der Waals surface area contributed by atoms with Crippen molar-refractivity contribution in [2.24, 2.45) is 0 Å². The lowest BCUT2D eigenvalue weighted by molar-refractivity contribution is 0.725. The highest BCUT2D eigenvalue weighted by Gasteiger charge is 2.45.